The number of carbonyl (C=O) groups is 1. The van der Waals surface area contributed by atoms with E-state index in [2.05, 4.69) is 22.2 Å². The number of likely N-dealkylation sites (N-methyl/N-ethyl adjacent to an activating group) is 2. The normalized spacial score (nSPS) is 21.7. The van der Waals surface area contributed by atoms with Crippen molar-refractivity contribution in [2.75, 3.05) is 53.9 Å². The van der Waals surface area contributed by atoms with Crippen molar-refractivity contribution < 1.29 is 9.53 Å². The van der Waals surface area contributed by atoms with Crippen molar-refractivity contribution in [3.05, 3.63) is 0 Å². The third-order valence-corrected chi connectivity index (χ3v) is 4.15. The standard InChI is InChI=1S/C14H29N3O2/c1-14(15-2,13(18)19-4)7-5-9-17-10-6-8-16(3)11-12-17/h15H,5-12H2,1-4H3. The minimum atomic E-state index is -0.558. The van der Waals surface area contributed by atoms with Gasteiger partial charge in [0, 0.05) is 13.1 Å². The summed E-state index contributed by atoms with van der Waals surface area (Å²) in [5, 5.41) is 3.08. The summed E-state index contributed by atoms with van der Waals surface area (Å²) >= 11 is 0. The summed E-state index contributed by atoms with van der Waals surface area (Å²) in [6.45, 7) is 7.59. The average molecular weight is 271 g/mol. The van der Waals surface area contributed by atoms with E-state index in [9.17, 15) is 4.79 Å². The zero-order valence-electron chi connectivity index (χ0n) is 12.9. The van der Waals surface area contributed by atoms with E-state index in [1.54, 1.807) is 0 Å². The number of hydrogen-bond acceptors (Lipinski definition) is 5. The largest absolute Gasteiger partial charge is 0.468 e. The summed E-state index contributed by atoms with van der Waals surface area (Å²) in [5.74, 6) is -0.175. The molecule has 1 rings (SSSR count). The van der Waals surface area contributed by atoms with Crippen LogP contribution in [0.5, 0.6) is 0 Å². The highest BCUT2D eigenvalue weighted by atomic mass is 16.5. The van der Waals surface area contributed by atoms with Gasteiger partial charge in [0.05, 0.1) is 7.11 Å². The molecule has 1 saturated heterocycles. The van der Waals surface area contributed by atoms with Crippen LogP contribution in [0.2, 0.25) is 0 Å². The van der Waals surface area contributed by atoms with Gasteiger partial charge in [-0.3, -0.25) is 4.79 Å². The van der Waals surface area contributed by atoms with E-state index in [-0.39, 0.29) is 5.97 Å². The first-order chi connectivity index (χ1) is 9.01. The number of methoxy groups -OCH3 is 1. The van der Waals surface area contributed by atoms with E-state index >= 15 is 0 Å². The Labute approximate surface area is 117 Å². The topological polar surface area (TPSA) is 44.8 Å². The van der Waals surface area contributed by atoms with Gasteiger partial charge in [-0.1, -0.05) is 0 Å². The Morgan fingerprint density at radius 3 is 2.68 bits per heavy atom. The zero-order valence-corrected chi connectivity index (χ0v) is 12.9. The van der Waals surface area contributed by atoms with Gasteiger partial charge in [-0.15, -0.1) is 0 Å². The molecule has 1 unspecified atom stereocenters. The van der Waals surface area contributed by atoms with Gasteiger partial charge in [0.1, 0.15) is 5.54 Å². The monoisotopic (exact) mass is 271 g/mol. The molecule has 0 spiro atoms. The molecule has 5 nitrogen and oxygen atoms in total. The number of carbonyl (C=O) groups excluding carboxylic acids is 1. The Morgan fingerprint density at radius 2 is 2.05 bits per heavy atom. The maximum Gasteiger partial charge on any atom is 0.325 e. The lowest BCUT2D eigenvalue weighted by molar-refractivity contribution is -0.148. The Hall–Kier alpha value is -0.650. The van der Waals surface area contributed by atoms with E-state index in [1.807, 2.05) is 14.0 Å². The molecule has 0 amide bonds. The van der Waals surface area contributed by atoms with Gasteiger partial charge in [-0.25, -0.2) is 0 Å². The maximum absolute atomic E-state index is 11.7. The second-order valence-corrected chi connectivity index (χ2v) is 5.68. The van der Waals surface area contributed by atoms with Crippen LogP contribution in [0.1, 0.15) is 26.2 Å². The SMILES string of the molecule is CNC(C)(CCCN1CCCN(C)CC1)C(=O)OC. The molecule has 1 fully saturated rings. The summed E-state index contributed by atoms with van der Waals surface area (Å²) in [4.78, 5) is 16.6. The summed E-state index contributed by atoms with van der Waals surface area (Å²) in [7, 11) is 5.44. The molecule has 0 aromatic carbocycles. The number of nitrogens with zero attached hydrogens (tertiary/aromatic N) is 2. The van der Waals surface area contributed by atoms with Crippen LogP contribution in [0.15, 0.2) is 0 Å². The smallest absolute Gasteiger partial charge is 0.325 e. The van der Waals surface area contributed by atoms with Gasteiger partial charge in [0.2, 0.25) is 0 Å². The van der Waals surface area contributed by atoms with Crippen LogP contribution in [-0.2, 0) is 9.53 Å². The van der Waals surface area contributed by atoms with Crippen LogP contribution in [0.3, 0.4) is 0 Å². The first kappa shape index (κ1) is 16.4. The van der Waals surface area contributed by atoms with Crippen molar-refractivity contribution in [2.24, 2.45) is 0 Å². The van der Waals surface area contributed by atoms with Gasteiger partial charge in [-0.2, -0.15) is 0 Å². The predicted octanol–water partition coefficient (Wildman–Crippen LogP) is 0.555. The molecule has 0 aromatic heterocycles. The van der Waals surface area contributed by atoms with Gasteiger partial charge >= 0.3 is 5.97 Å². The molecule has 0 bridgehead atoms. The van der Waals surface area contributed by atoms with E-state index in [4.69, 9.17) is 4.74 Å². The van der Waals surface area contributed by atoms with Crippen LogP contribution in [0.4, 0.5) is 0 Å². The molecule has 19 heavy (non-hydrogen) atoms. The van der Waals surface area contributed by atoms with E-state index < -0.39 is 5.54 Å². The lowest BCUT2D eigenvalue weighted by Gasteiger charge is -2.27. The summed E-state index contributed by atoms with van der Waals surface area (Å²) < 4.78 is 4.86. The summed E-state index contributed by atoms with van der Waals surface area (Å²) in [6, 6.07) is 0. The Morgan fingerprint density at radius 1 is 1.32 bits per heavy atom. The summed E-state index contributed by atoms with van der Waals surface area (Å²) in [6.07, 6.45) is 3.05. The summed E-state index contributed by atoms with van der Waals surface area (Å²) in [5.41, 5.74) is -0.558. The van der Waals surface area contributed by atoms with Crippen molar-refractivity contribution in [3.8, 4) is 0 Å². The first-order valence-corrected chi connectivity index (χ1v) is 7.20. The molecule has 0 radical (unpaired) electrons. The van der Waals surface area contributed by atoms with Crippen molar-refractivity contribution in [2.45, 2.75) is 31.7 Å². The predicted molar refractivity (Wildman–Crippen MR) is 77.3 cm³/mol. The van der Waals surface area contributed by atoms with Gasteiger partial charge < -0.3 is 19.9 Å². The molecular formula is C14H29N3O2. The fourth-order valence-corrected chi connectivity index (χ4v) is 2.53. The average Bonchev–Trinajstić information content (AvgIpc) is 2.62. The van der Waals surface area contributed by atoms with E-state index in [0.717, 1.165) is 32.5 Å². The number of esters is 1. The van der Waals surface area contributed by atoms with Crippen molar-refractivity contribution >= 4 is 5.97 Å². The Kier molecular flexibility index (Phi) is 6.75. The molecular weight excluding hydrogens is 242 g/mol. The number of nitrogens with one attached hydrogen (secondary N) is 1. The quantitative estimate of drug-likeness (QED) is 0.715. The molecule has 0 saturated carbocycles. The fourth-order valence-electron chi connectivity index (χ4n) is 2.53. The molecule has 1 heterocycles. The van der Waals surface area contributed by atoms with Crippen LogP contribution in [0.25, 0.3) is 0 Å². The molecule has 5 heteroatoms. The number of hydrogen-bond donors (Lipinski definition) is 1. The fraction of sp³-hybridized carbons (Fsp3) is 0.929. The zero-order chi connectivity index (χ0) is 14.3. The van der Waals surface area contributed by atoms with Crippen LogP contribution in [-0.4, -0.2) is 75.2 Å². The Bertz CT molecular complexity index is 286. The van der Waals surface area contributed by atoms with Gasteiger partial charge in [0.15, 0.2) is 0 Å². The van der Waals surface area contributed by atoms with Crippen molar-refractivity contribution in [3.63, 3.8) is 0 Å². The number of rotatable bonds is 6. The second kappa shape index (κ2) is 7.82. The molecule has 112 valence electrons. The van der Waals surface area contributed by atoms with Crippen LogP contribution in [0, 0.1) is 0 Å². The lowest BCUT2D eigenvalue weighted by atomic mass is 9.96. The Balaban J connectivity index is 2.34. The van der Waals surface area contributed by atoms with E-state index in [1.165, 1.54) is 26.6 Å². The third-order valence-electron chi connectivity index (χ3n) is 4.15. The van der Waals surface area contributed by atoms with E-state index in [0.29, 0.717) is 0 Å². The minimum Gasteiger partial charge on any atom is -0.468 e. The molecule has 1 aliphatic rings. The lowest BCUT2D eigenvalue weighted by Crippen LogP contribution is -2.48. The van der Waals surface area contributed by atoms with Crippen molar-refractivity contribution in [1.29, 1.82) is 0 Å². The number of ether oxygens (including phenoxy) is 1. The van der Waals surface area contributed by atoms with Gasteiger partial charge in [0.25, 0.3) is 0 Å². The highest BCUT2D eigenvalue weighted by Gasteiger charge is 2.31. The highest BCUT2D eigenvalue weighted by molar-refractivity contribution is 5.80. The highest BCUT2D eigenvalue weighted by Crippen LogP contribution is 2.14. The van der Waals surface area contributed by atoms with Crippen LogP contribution >= 0.6 is 0 Å². The maximum atomic E-state index is 11.7. The molecule has 0 aliphatic carbocycles. The third kappa shape index (κ3) is 5.09. The van der Waals surface area contributed by atoms with Crippen LogP contribution < -0.4 is 5.32 Å². The molecule has 1 N–H and O–H groups in total. The molecule has 0 aromatic rings. The second-order valence-electron chi connectivity index (χ2n) is 5.68. The van der Waals surface area contributed by atoms with Gasteiger partial charge in [-0.05, 0) is 59.9 Å². The minimum absolute atomic E-state index is 0.175. The first-order valence-electron chi connectivity index (χ1n) is 7.20. The molecule has 1 atom stereocenters. The molecule has 1 aliphatic heterocycles. The van der Waals surface area contributed by atoms with Crippen molar-refractivity contribution in [1.82, 2.24) is 15.1 Å².